The molecule has 74 valence electrons. The molecule has 0 aromatic carbocycles. The monoisotopic (exact) mass is 182 g/mol. The molecule has 0 atom stereocenters. The molecule has 3 nitrogen and oxygen atoms in total. The number of rotatable bonds is 3. The van der Waals surface area contributed by atoms with Crippen molar-refractivity contribution in [1.29, 1.82) is 0 Å². The molecule has 0 unspecified atom stereocenters. The van der Waals surface area contributed by atoms with Crippen LogP contribution in [-0.2, 0) is 13.5 Å². The van der Waals surface area contributed by atoms with Crippen LogP contribution in [0.4, 0.5) is 0 Å². The van der Waals surface area contributed by atoms with Crippen LogP contribution in [0.3, 0.4) is 0 Å². The lowest BCUT2D eigenvalue weighted by molar-refractivity contribution is 0.159. The Morgan fingerprint density at radius 3 is 2.54 bits per heavy atom. The van der Waals surface area contributed by atoms with Crippen molar-refractivity contribution >= 4 is 0 Å². The Hall–Kier alpha value is -0.830. The van der Waals surface area contributed by atoms with E-state index in [4.69, 9.17) is 5.11 Å². The van der Waals surface area contributed by atoms with Crippen molar-refractivity contribution in [2.24, 2.45) is 12.5 Å². The standard InChI is InChI=1S/C10H18N2O/c1-8-9(6-12(4)11-8)5-10(2,3)7-13/h6,13H,5,7H2,1-4H3. The fraction of sp³-hybridized carbons (Fsp3) is 0.700. The van der Waals surface area contributed by atoms with Gasteiger partial charge in [0.05, 0.1) is 5.69 Å². The van der Waals surface area contributed by atoms with E-state index < -0.39 is 0 Å². The number of hydrogen-bond donors (Lipinski definition) is 1. The zero-order chi connectivity index (χ0) is 10.1. The molecule has 0 saturated carbocycles. The minimum Gasteiger partial charge on any atom is -0.396 e. The molecule has 0 radical (unpaired) electrons. The number of aryl methyl sites for hydroxylation is 2. The van der Waals surface area contributed by atoms with Gasteiger partial charge in [0.15, 0.2) is 0 Å². The van der Waals surface area contributed by atoms with Crippen LogP contribution in [0.5, 0.6) is 0 Å². The predicted molar refractivity (Wildman–Crippen MR) is 52.5 cm³/mol. The third-order valence-electron chi connectivity index (χ3n) is 2.21. The van der Waals surface area contributed by atoms with Gasteiger partial charge in [0.2, 0.25) is 0 Å². The lowest BCUT2D eigenvalue weighted by Crippen LogP contribution is -2.19. The second-order valence-corrected chi connectivity index (χ2v) is 4.41. The van der Waals surface area contributed by atoms with Gasteiger partial charge in [-0.1, -0.05) is 13.8 Å². The molecule has 0 spiro atoms. The molecule has 3 heteroatoms. The van der Waals surface area contributed by atoms with Crippen LogP contribution in [0.1, 0.15) is 25.1 Å². The van der Waals surface area contributed by atoms with Gasteiger partial charge < -0.3 is 5.11 Å². The van der Waals surface area contributed by atoms with Crippen molar-refractivity contribution in [2.75, 3.05) is 6.61 Å². The van der Waals surface area contributed by atoms with E-state index in [2.05, 4.69) is 18.9 Å². The first-order chi connectivity index (χ1) is 5.94. The summed E-state index contributed by atoms with van der Waals surface area (Å²) < 4.78 is 1.82. The molecule has 0 bridgehead atoms. The van der Waals surface area contributed by atoms with E-state index in [1.165, 1.54) is 5.56 Å². The summed E-state index contributed by atoms with van der Waals surface area (Å²) >= 11 is 0. The van der Waals surface area contributed by atoms with E-state index in [-0.39, 0.29) is 12.0 Å². The molecule has 1 N–H and O–H groups in total. The molecule has 1 heterocycles. The van der Waals surface area contributed by atoms with Gasteiger partial charge in [0, 0.05) is 19.9 Å². The summed E-state index contributed by atoms with van der Waals surface area (Å²) in [5.41, 5.74) is 2.24. The molecule has 1 rings (SSSR count). The molecule has 0 amide bonds. The fourth-order valence-electron chi connectivity index (χ4n) is 1.39. The van der Waals surface area contributed by atoms with Crippen molar-refractivity contribution in [3.63, 3.8) is 0 Å². The third-order valence-corrected chi connectivity index (χ3v) is 2.21. The van der Waals surface area contributed by atoms with Gasteiger partial charge in [0.1, 0.15) is 0 Å². The molecule has 0 saturated heterocycles. The van der Waals surface area contributed by atoms with Gasteiger partial charge in [-0.05, 0) is 24.3 Å². The summed E-state index contributed by atoms with van der Waals surface area (Å²) in [4.78, 5) is 0. The first-order valence-electron chi connectivity index (χ1n) is 4.54. The molecule has 0 fully saturated rings. The second-order valence-electron chi connectivity index (χ2n) is 4.41. The van der Waals surface area contributed by atoms with Crippen molar-refractivity contribution in [2.45, 2.75) is 27.2 Å². The molecule has 0 aliphatic carbocycles. The summed E-state index contributed by atoms with van der Waals surface area (Å²) in [6, 6.07) is 0. The number of nitrogens with zero attached hydrogens (tertiary/aromatic N) is 2. The normalized spacial score (nSPS) is 12.1. The Morgan fingerprint density at radius 1 is 1.54 bits per heavy atom. The number of aliphatic hydroxyl groups is 1. The number of aromatic nitrogens is 2. The maximum atomic E-state index is 9.13. The van der Waals surface area contributed by atoms with Gasteiger partial charge >= 0.3 is 0 Å². The van der Waals surface area contributed by atoms with Crippen molar-refractivity contribution < 1.29 is 5.11 Å². The van der Waals surface area contributed by atoms with Crippen molar-refractivity contribution in [3.8, 4) is 0 Å². The largest absolute Gasteiger partial charge is 0.396 e. The Morgan fingerprint density at radius 2 is 2.15 bits per heavy atom. The summed E-state index contributed by atoms with van der Waals surface area (Å²) in [5.74, 6) is 0. The Labute approximate surface area is 79.4 Å². The lowest BCUT2D eigenvalue weighted by Gasteiger charge is -2.20. The van der Waals surface area contributed by atoms with E-state index in [1.807, 2.05) is 24.9 Å². The van der Waals surface area contributed by atoms with E-state index in [1.54, 1.807) is 0 Å². The minimum atomic E-state index is -0.0478. The first-order valence-corrected chi connectivity index (χ1v) is 4.54. The number of hydrogen-bond acceptors (Lipinski definition) is 2. The highest BCUT2D eigenvalue weighted by molar-refractivity contribution is 5.16. The average Bonchev–Trinajstić information content (AvgIpc) is 2.30. The fourth-order valence-corrected chi connectivity index (χ4v) is 1.39. The summed E-state index contributed by atoms with van der Waals surface area (Å²) in [6.07, 6.45) is 2.90. The van der Waals surface area contributed by atoms with E-state index in [9.17, 15) is 0 Å². The molecule has 0 aliphatic heterocycles. The van der Waals surface area contributed by atoms with Gasteiger partial charge in [-0.2, -0.15) is 5.10 Å². The quantitative estimate of drug-likeness (QED) is 0.765. The maximum absolute atomic E-state index is 9.13. The lowest BCUT2D eigenvalue weighted by atomic mass is 9.87. The van der Waals surface area contributed by atoms with E-state index in [0.29, 0.717) is 0 Å². The van der Waals surface area contributed by atoms with Gasteiger partial charge in [-0.3, -0.25) is 4.68 Å². The van der Waals surface area contributed by atoms with Crippen LogP contribution in [0.15, 0.2) is 6.20 Å². The zero-order valence-electron chi connectivity index (χ0n) is 8.83. The van der Waals surface area contributed by atoms with Crippen LogP contribution in [0, 0.1) is 12.3 Å². The first kappa shape index (κ1) is 10.3. The van der Waals surface area contributed by atoms with Crippen LogP contribution >= 0.6 is 0 Å². The van der Waals surface area contributed by atoms with Crippen LogP contribution in [0.25, 0.3) is 0 Å². The van der Waals surface area contributed by atoms with Gasteiger partial charge in [-0.15, -0.1) is 0 Å². The molecular weight excluding hydrogens is 164 g/mol. The smallest absolute Gasteiger partial charge is 0.0625 e. The van der Waals surface area contributed by atoms with Crippen LogP contribution < -0.4 is 0 Å². The average molecular weight is 182 g/mol. The Kier molecular flexibility index (Phi) is 2.76. The topological polar surface area (TPSA) is 38.0 Å². The second kappa shape index (κ2) is 3.50. The highest BCUT2D eigenvalue weighted by Gasteiger charge is 2.19. The molecule has 0 aliphatic rings. The van der Waals surface area contributed by atoms with E-state index >= 15 is 0 Å². The number of aliphatic hydroxyl groups excluding tert-OH is 1. The van der Waals surface area contributed by atoms with Crippen LogP contribution in [-0.4, -0.2) is 21.5 Å². The minimum absolute atomic E-state index is 0.0478. The van der Waals surface area contributed by atoms with Crippen molar-refractivity contribution in [1.82, 2.24) is 9.78 Å². The summed E-state index contributed by atoms with van der Waals surface area (Å²) in [5, 5.41) is 13.4. The SMILES string of the molecule is Cc1nn(C)cc1CC(C)(C)CO. The zero-order valence-corrected chi connectivity index (χ0v) is 8.83. The third kappa shape index (κ3) is 2.56. The molecule has 13 heavy (non-hydrogen) atoms. The predicted octanol–water partition coefficient (Wildman–Crippen LogP) is 1.29. The Balaban J connectivity index is 2.79. The van der Waals surface area contributed by atoms with E-state index in [0.717, 1.165) is 12.1 Å². The maximum Gasteiger partial charge on any atom is 0.0625 e. The van der Waals surface area contributed by atoms with Gasteiger partial charge in [-0.25, -0.2) is 0 Å². The molecular formula is C10H18N2O. The molecule has 1 aromatic heterocycles. The summed E-state index contributed by atoms with van der Waals surface area (Å²) in [7, 11) is 1.92. The van der Waals surface area contributed by atoms with Crippen molar-refractivity contribution in [3.05, 3.63) is 17.5 Å². The highest BCUT2D eigenvalue weighted by Crippen LogP contribution is 2.22. The summed E-state index contributed by atoms with van der Waals surface area (Å²) in [6.45, 7) is 6.32. The van der Waals surface area contributed by atoms with Crippen LogP contribution in [0.2, 0.25) is 0 Å². The highest BCUT2D eigenvalue weighted by atomic mass is 16.3. The molecule has 1 aromatic rings. The Bertz CT molecular complexity index is 289. The van der Waals surface area contributed by atoms with Gasteiger partial charge in [0.25, 0.3) is 0 Å².